The van der Waals surface area contributed by atoms with Crippen LogP contribution in [0.2, 0.25) is 0 Å². The van der Waals surface area contributed by atoms with Crippen LogP contribution in [0.3, 0.4) is 0 Å². The van der Waals surface area contributed by atoms with Gasteiger partial charge in [-0.1, -0.05) is 23.7 Å². The summed E-state index contributed by atoms with van der Waals surface area (Å²) in [6.07, 6.45) is 7.96. The molecule has 2 heterocycles. The van der Waals surface area contributed by atoms with Crippen molar-refractivity contribution in [2.75, 3.05) is 18.4 Å². The van der Waals surface area contributed by atoms with Crippen LogP contribution in [-0.4, -0.2) is 24.1 Å². The number of hydrogen-bond acceptors (Lipinski definition) is 4. The Balaban J connectivity index is 1.84. The van der Waals surface area contributed by atoms with Crippen LogP contribution >= 0.6 is 11.6 Å². The summed E-state index contributed by atoms with van der Waals surface area (Å²) in [5.41, 5.74) is 9.02. The van der Waals surface area contributed by atoms with Gasteiger partial charge in [0.25, 0.3) is 0 Å². The second-order valence-corrected chi connectivity index (χ2v) is 6.51. The first-order chi connectivity index (χ1) is 12.5. The van der Waals surface area contributed by atoms with Gasteiger partial charge in [-0.2, -0.15) is 0 Å². The maximum Gasteiger partial charge on any atom is 0.319 e. The van der Waals surface area contributed by atoms with E-state index in [-0.39, 0.29) is 6.03 Å². The number of carbonyl (C=O) groups excluding carboxylic acids is 1. The molecule has 0 unspecified atom stereocenters. The fraction of sp³-hybridized carbons (Fsp3) is 0.368. The molecule has 0 aliphatic carbocycles. The highest BCUT2D eigenvalue weighted by molar-refractivity contribution is 6.31. The van der Waals surface area contributed by atoms with Crippen molar-refractivity contribution < 1.29 is 4.79 Å². The Bertz CT molecular complexity index is 735. The molecule has 1 aromatic heterocycles. The maximum atomic E-state index is 12.1. The maximum absolute atomic E-state index is 12.1. The summed E-state index contributed by atoms with van der Waals surface area (Å²) >= 11 is 5.92. The lowest BCUT2D eigenvalue weighted by Gasteiger charge is -2.17. The van der Waals surface area contributed by atoms with Gasteiger partial charge >= 0.3 is 6.03 Å². The Kier molecular flexibility index (Phi) is 7.53. The monoisotopic (exact) mass is 375 g/mol. The minimum absolute atomic E-state index is 0.317. The van der Waals surface area contributed by atoms with Gasteiger partial charge in [-0.25, -0.2) is 9.78 Å². The summed E-state index contributed by atoms with van der Waals surface area (Å²) in [7, 11) is 0. The largest absolute Gasteiger partial charge is 0.401 e. The molecular weight excluding hydrogens is 350 g/mol. The van der Waals surface area contributed by atoms with Gasteiger partial charge in [0.05, 0.1) is 5.70 Å². The van der Waals surface area contributed by atoms with Crippen LogP contribution < -0.4 is 21.7 Å². The van der Waals surface area contributed by atoms with Crippen LogP contribution in [0.15, 0.2) is 46.8 Å². The molecule has 140 valence electrons. The average Bonchev–Trinajstić information content (AvgIpc) is 2.64. The number of hydrogen-bond donors (Lipinski definition) is 4. The van der Waals surface area contributed by atoms with E-state index in [1.54, 1.807) is 25.2 Å². The molecule has 26 heavy (non-hydrogen) atoms. The first-order valence-electron chi connectivity index (χ1n) is 8.73. The quantitative estimate of drug-likeness (QED) is 0.574. The zero-order valence-electron chi connectivity index (χ0n) is 15.2. The van der Waals surface area contributed by atoms with Crippen molar-refractivity contribution in [1.29, 1.82) is 0 Å². The molecule has 0 spiro atoms. The summed E-state index contributed by atoms with van der Waals surface area (Å²) in [5.74, 6) is 0.966. The number of urea groups is 1. The average molecular weight is 376 g/mol. The number of allylic oxidation sites excluding steroid dienone is 5. The van der Waals surface area contributed by atoms with Gasteiger partial charge in [-0.05, 0) is 50.5 Å². The van der Waals surface area contributed by atoms with Crippen molar-refractivity contribution in [2.24, 2.45) is 5.73 Å². The normalized spacial score (nSPS) is 15.1. The molecule has 0 saturated heterocycles. The highest BCUT2D eigenvalue weighted by Crippen LogP contribution is 2.19. The van der Waals surface area contributed by atoms with Crippen LogP contribution in [0.25, 0.3) is 0 Å². The predicted molar refractivity (Wildman–Crippen MR) is 107 cm³/mol. The van der Waals surface area contributed by atoms with Crippen LogP contribution in [-0.2, 0) is 12.8 Å². The number of aryl methyl sites for hydroxylation is 1. The van der Waals surface area contributed by atoms with E-state index in [9.17, 15) is 4.79 Å². The van der Waals surface area contributed by atoms with Crippen molar-refractivity contribution in [1.82, 2.24) is 15.6 Å². The topological polar surface area (TPSA) is 92.1 Å². The van der Waals surface area contributed by atoms with Crippen LogP contribution in [0.5, 0.6) is 0 Å². The van der Waals surface area contributed by atoms with Crippen molar-refractivity contribution in [3.8, 4) is 0 Å². The molecule has 0 atom stereocenters. The van der Waals surface area contributed by atoms with Crippen molar-refractivity contribution in [3.63, 3.8) is 0 Å². The van der Waals surface area contributed by atoms with Crippen LogP contribution in [0.4, 0.5) is 10.6 Å². The first-order valence-corrected chi connectivity index (χ1v) is 9.11. The summed E-state index contributed by atoms with van der Waals surface area (Å²) < 4.78 is 0. The Morgan fingerprint density at radius 3 is 2.96 bits per heavy atom. The molecule has 1 aliphatic rings. The van der Waals surface area contributed by atoms with Gasteiger partial charge in [0.2, 0.25) is 0 Å². The molecular formula is C19H26ClN5O. The lowest BCUT2D eigenvalue weighted by atomic mass is 10.1. The number of nitrogens with one attached hydrogen (secondary N) is 3. The van der Waals surface area contributed by atoms with Gasteiger partial charge in [-0.3, -0.25) is 0 Å². The molecule has 2 amide bonds. The fourth-order valence-electron chi connectivity index (χ4n) is 2.51. The molecule has 5 N–H and O–H groups in total. The van der Waals surface area contributed by atoms with E-state index in [1.807, 2.05) is 13.0 Å². The standard InChI is InChI=1S/C19H26ClN5O/c1-3-15(20)7-9-17(13(2)21)25-19(26)23-12-10-16-8-6-14-5-4-11-22-18(14)24-16/h3,6-9H,4-5,10-12,21H2,1-2H3,(H,22,24)(H2,23,25,26)/b9-7-,15-3+,17-13+. The number of amides is 2. The number of anilines is 1. The Morgan fingerprint density at radius 1 is 1.42 bits per heavy atom. The molecule has 0 bridgehead atoms. The third-order valence-corrected chi connectivity index (χ3v) is 4.32. The Labute approximate surface area is 159 Å². The molecule has 1 aromatic rings. The highest BCUT2D eigenvalue weighted by Gasteiger charge is 2.10. The predicted octanol–water partition coefficient (Wildman–Crippen LogP) is 3.17. The summed E-state index contributed by atoms with van der Waals surface area (Å²) in [5, 5.41) is 9.43. The summed E-state index contributed by atoms with van der Waals surface area (Å²) in [6, 6.07) is 3.81. The molecule has 7 heteroatoms. The number of halogens is 1. The van der Waals surface area contributed by atoms with E-state index in [1.165, 1.54) is 5.56 Å². The molecule has 6 nitrogen and oxygen atoms in total. The number of carbonyl (C=O) groups is 1. The van der Waals surface area contributed by atoms with E-state index < -0.39 is 0 Å². The van der Waals surface area contributed by atoms with E-state index in [0.717, 1.165) is 30.9 Å². The summed E-state index contributed by atoms with van der Waals surface area (Å²) in [6.45, 7) is 4.99. The fourth-order valence-corrected chi connectivity index (χ4v) is 2.57. The van der Waals surface area contributed by atoms with Crippen molar-refractivity contribution >= 4 is 23.4 Å². The molecule has 0 fully saturated rings. The lowest BCUT2D eigenvalue weighted by molar-refractivity contribution is 0.243. The van der Waals surface area contributed by atoms with Crippen LogP contribution in [0, 0.1) is 0 Å². The smallest absolute Gasteiger partial charge is 0.319 e. The molecule has 0 saturated carbocycles. The van der Waals surface area contributed by atoms with Gasteiger partial charge in [0.15, 0.2) is 0 Å². The molecule has 1 aliphatic heterocycles. The number of aromatic nitrogens is 1. The van der Waals surface area contributed by atoms with Crippen molar-refractivity contribution in [3.05, 3.63) is 58.0 Å². The second kappa shape index (κ2) is 9.87. The van der Waals surface area contributed by atoms with E-state index >= 15 is 0 Å². The van der Waals surface area contributed by atoms with Gasteiger partial charge < -0.3 is 21.7 Å². The van der Waals surface area contributed by atoms with E-state index in [0.29, 0.717) is 29.4 Å². The third kappa shape index (κ3) is 6.11. The third-order valence-electron chi connectivity index (χ3n) is 3.98. The minimum Gasteiger partial charge on any atom is -0.401 e. The number of fused-ring (bicyclic) bond motifs is 1. The zero-order chi connectivity index (χ0) is 18.9. The summed E-state index contributed by atoms with van der Waals surface area (Å²) in [4.78, 5) is 16.7. The van der Waals surface area contributed by atoms with Gasteiger partial charge in [0.1, 0.15) is 5.82 Å². The Morgan fingerprint density at radius 2 is 2.23 bits per heavy atom. The minimum atomic E-state index is -0.317. The van der Waals surface area contributed by atoms with E-state index in [4.69, 9.17) is 17.3 Å². The number of nitrogens with zero attached hydrogens (tertiary/aromatic N) is 1. The van der Waals surface area contributed by atoms with Gasteiger partial charge in [-0.15, -0.1) is 0 Å². The Hall–Kier alpha value is -2.47. The van der Waals surface area contributed by atoms with Crippen molar-refractivity contribution in [2.45, 2.75) is 33.1 Å². The highest BCUT2D eigenvalue weighted by atomic mass is 35.5. The van der Waals surface area contributed by atoms with E-state index in [2.05, 4.69) is 27.0 Å². The number of pyridine rings is 1. The van der Waals surface area contributed by atoms with Crippen LogP contribution in [0.1, 0.15) is 31.5 Å². The van der Waals surface area contributed by atoms with Gasteiger partial charge in [0, 0.05) is 35.9 Å². The molecule has 2 rings (SSSR count). The SMILES string of the molecule is C\C=C(Cl)/C=C\C(NC(=O)NCCc1ccc2c(n1)NCCC2)=C(\C)N. The zero-order valence-corrected chi connectivity index (χ0v) is 16.0. The number of rotatable bonds is 6. The number of nitrogens with two attached hydrogens (primary N) is 1. The first kappa shape index (κ1) is 19.8. The second-order valence-electron chi connectivity index (χ2n) is 6.08. The lowest BCUT2D eigenvalue weighted by Crippen LogP contribution is -2.36. The molecule has 0 aromatic carbocycles. The molecule has 0 radical (unpaired) electrons.